The van der Waals surface area contributed by atoms with E-state index in [0.717, 1.165) is 30.6 Å². The van der Waals surface area contributed by atoms with Crippen LogP contribution in [-0.4, -0.2) is 48.4 Å². The second-order valence-electron chi connectivity index (χ2n) is 6.78. The minimum atomic E-state index is -0.353. The van der Waals surface area contributed by atoms with Crippen molar-refractivity contribution in [3.63, 3.8) is 0 Å². The number of thiazole rings is 1. The number of aromatic nitrogens is 1. The van der Waals surface area contributed by atoms with Gasteiger partial charge in [-0.15, -0.1) is 0 Å². The maximum absolute atomic E-state index is 13.0. The molecule has 27 heavy (non-hydrogen) atoms. The topological polar surface area (TPSA) is 74.8 Å². The average molecular weight is 386 g/mol. The van der Waals surface area contributed by atoms with E-state index in [1.165, 1.54) is 16.2 Å². The summed E-state index contributed by atoms with van der Waals surface area (Å²) in [6.45, 7) is 1.21. The van der Waals surface area contributed by atoms with Crippen molar-refractivity contribution >= 4 is 34.1 Å². The van der Waals surface area contributed by atoms with Crippen molar-refractivity contribution < 1.29 is 14.3 Å². The summed E-state index contributed by atoms with van der Waals surface area (Å²) in [7, 11) is 3.34. The van der Waals surface area contributed by atoms with Gasteiger partial charge in [0.2, 0.25) is 0 Å². The normalized spacial score (nSPS) is 19.4. The molecule has 2 aliphatic rings. The Bertz CT molecular complexity index is 864. The number of ether oxygens (including phenoxy) is 1. The first kappa shape index (κ1) is 17.8. The molecule has 1 atom stereocenters. The second-order valence-corrected chi connectivity index (χ2v) is 7.78. The predicted molar refractivity (Wildman–Crippen MR) is 105 cm³/mol. The highest BCUT2D eigenvalue weighted by molar-refractivity contribution is 7.18. The fourth-order valence-corrected chi connectivity index (χ4v) is 4.51. The van der Waals surface area contributed by atoms with E-state index in [1.54, 1.807) is 19.1 Å². The van der Waals surface area contributed by atoms with Crippen molar-refractivity contribution in [1.82, 2.24) is 9.88 Å². The van der Waals surface area contributed by atoms with Crippen LogP contribution in [0.25, 0.3) is 0 Å². The molecule has 0 radical (unpaired) electrons. The Morgan fingerprint density at radius 3 is 2.78 bits per heavy atom. The molecule has 1 N–H and O–H groups in total. The predicted octanol–water partition coefficient (Wildman–Crippen LogP) is 2.73. The van der Waals surface area contributed by atoms with Crippen molar-refractivity contribution in [1.29, 1.82) is 0 Å². The number of nitrogens with one attached hydrogen (secondary N) is 1. The summed E-state index contributed by atoms with van der Waals surface area (Å²) in [6, 6.07) is 7.40. The summed E-state index contributed by atoms with van der Waals surface area (Å²) in [5.74, 6) is 1.14. The third kappa shape index (κ3) is 3.25. The van der Waals surface area contributed by atoms with Crippen molar-refractivity contribution in [2.45, 2.75) is 31.8 Å². The molecular weight excluding hydrogens is 364 g/mol. The van der Waals surface area contributed by atoms with Crippen LogP contribution in [0, 0.1) is 0 Å². The molecule has 4 rings (SSSR count). The number of rotatable bonds is 4. The molecule has 0 saturated carbocycles. The molecule has 0 spiro atoms. The Morgan fingerprint density at radius 1 is 1.26 bits per heavy atom. The van der Waals surface area contributed by atoms with Crippen LogP contribution in [0.15, 0.2) is 24.3 Å². The van der Waals surface area contributed by atoms with Gasteiger partial charge < -0.3 is 15.0 Å². The lowest BCUT2D eigenvalue weighted by atomic mass is 10.0. The van der Waals surface area contributed by atoms with E-state index in [9.17, 15) is 9.59 Å². The number of carbonyl (C=O) groups is 2. The van der Waals surface area contributed by atoms with E-state index >= 15 is 0 Å². The molecule has 7 nitrogen and oxygen atoms in total. The fourth-order valence-electron chi connectivity index (χ4n) is 3.57. The number of carbonyl (C=O) groups excluding carboxylic acids is 2. The lowest BCUT2D eigenvalue weighted by Gasteiger charge is -2.33. The van der Waals surface area contributed by atoms with Crippen LogP contribution >= 0.6 is 11.3 Å². The molecule has 2 aromatic rings. The summed E-state index contributed by atoms with van der Waals surface area (Å²) in [5, 5.41) is 3.90. The summed E-state index contributed by atoms with van der Waals surface area (Å²) in [6.07, 6.45) is 2.64. The van der Waals surface area contributed by atoms with Crippen LogP contribution in [0.1, 0.15) is 34.5 Å². The zero-order chi connectivity index (χ0) is 19.0. The van der Waals surface area contributed by atoms with Crippen LogP contribution in [0.2, 0.25) is 0 Å². The SMILES string of the molecule is COc1ccc(CNc2nc3c(s2)C(=O)N2CCCCC2C(=O)N3C)cc1. The van der Waals surface area contributed by atoms with Crippen molar-refractivity contribution in [2.75, 3.05) is 30.9 Å². The van der Waals surface area contributed by atoms with E-state index in [-0.39, 0.29) is 17.9 Å². The minimum Gasteiger partial charge on any atom is -0.497 e. The van der Waals surface area contributed by atoms with Crippen molar-refractivity contribution in [3.05, 3.63) is 34.7 Å². The monoisotopic (exact) mass is 386 g/mol. The van der Waals surface area contributed by atoms with Crippen LogP contribution in [0.4, 0.5) is 10.9 Å². The molecule has 2 aliphatic heterocycles. The van der Waals surface area contributed by atoms with Gasteiger partial charge in [0.25, 0.3) is 11.8 Å². The Labute approximate surface area is 161 Å². The largest absolute Gasteiger partial charge is 0.497 e. The van der Waals surface area contributed by atoms with Crippen LogP contribution in [0.5, 0.6) is 5.75 Å². The molecule has 1 saturated heterocycles. The molecule has 1 aromatic carbocycles. The smallest absolute Gasteiger partial charge is 0.268 e. The third-order valence-corrected chi connectivity index (χ3v) is 6.09. The van der Waals surface area contributed by atoms with Gasteiger partial charge in [-0.05, 0) is 37.0 Å². The summed E-state index contributed by atoms with van der Waals surface area (Å²) >= 11 is 1.31. The highest BCUT2D eigenvalue weighted by Crippen LogP contribution is 2.36. The third-order valence-electron chi connectivity index (χ3n) is 5.10. The maximum Gasteiger partial charge on any atom is 0.268 e. The molecule has 3 heterocycles. The summed E-state index contributed by atoms with van der Waals surface area (Å²) in [4.78, 5) is 34.1. The van der Waals surface area contributed by atoms with Crippen LogP contribution in [0.3, 0.4) is 0 Å². The number of anilines is 2. The lowest BCUT2D eigenvalue weighted by Crippen LogP contribution is -2.50. The van der Waals surface area contributed by atoms with E-state index in [1.807, 2.05) is 24.3 Å². The number of fused-ring (bicyclic) bond motifs is 2. The number of piperidine rings is 1. The summed E-state index contributed by atoms with van der Waals surface area (Å²) in [5.41, 5.74) is 1.08. The number of likely N-dealkylation sites (N-methyl/N-ethyl adjacent to an activating group) is 1. The molecule has 8 heteroatoms. The van der Waals surface area contributed by atoms with E-state index in [4.69, 9.17) is 4.74 Å². The van der Waals surface area contributed by atoms with Gasteiger partial charge in [0.05, 0.1) is 7.11 Å². The Balaban J connectivity index is 1.55. The summed E-state index contributed by atoms with van der Waals surface area (Å²) < 4.78 is 5.17. The van der Waals surface area contributed by atoms with Crippen LogP contribution < -0.4 is 15.0 Å². The number of hydrogen-bond acceptors (Lipinski definition) is 6. The quantitative estimate of drug-likeness (QED) is 0.875. The average Bonchev–Trinajstić information content (AvgIpc) is 3.12. The molecule has 1 aromatic heterocycles. The standard InChI is InChI=1S/C19H22N4O3S/c1-22-16-15(18(25)23-10-4-3-5-14(23)17(22)24)27-19(21-16)20-11-12-6-8-13(26-2)9-7-12/h6-9,14H,3-5,10-11H2,1-2H3,(H,20,21). The van der Waals surface area contributed by atoms with Gasteiger partial charge in [0.1, 0.15) is 16.7 Å². The van der Waals surface area contributed by atoms with Gasteiger partial charge in [-0.25, -0.2) is 4.98 Å². The van der Waals surface area contributed by atoms with Crippen molar-refractivity contribution in [2.24, 2.45) is 0 Å². The first-order valence-electron chi connectivity index (χ1n) is 9.04. The molecule has 0 aliphatic carbocycles. The Morgan fingerprint density at radius 2 is 2.04 bits per heavy atom. The highest BCUT2D eigenvalue weighted by atomic mass is 32.1. The Hall–Kier alpha value is -2.61. The molecule has 0 bridgehead atoms. The minimum absolute atomic E-state index is 0.0474. The molecule has 1 unspecified atom stereocenters. The molecule has 1 fully saturated rings. The zero-order valence-corrected chi connectivity index (χ0v) is 16.2. The van der Waals surface area contributed by atoms with E-state index in [2.05, 4.69) is 10.3 Å². The first-order valence-corrected chi connectivity index (χ1v) is 9.86. The number of hydrogen-bond donors (Lipinski definition) is 1. The zero-order valence-electron chi connectivity index (χ0n) is 15.4. The van der Waals surface area contributed by atoms with E-state index in [0.29, 0.717) is 28.9 Å². The van der Waals surface area contributed by atoms with E-state index < -0.39 is 0 Å². The van der Waals surface area contributed by atoms with Gasteiger partial charge in [-0.2, -0.15) is 0 Å². The molecule has 2 amide bonds. The van der Waals surface area contributed by atoms with Crippen LogP contribution in [-0.2, 0) is 11.3 Å². The van der Waals surface area contributed by atoms with Gasteiger partial charge in [-0.3, -0.25) is 14.5 Å². The number of benzene rings is 1. The maximum atomic E-state index is 13.0. The Kier molecular flexibility index (Phi) is 4.73. The van der Waals surface area contributed by atoms with Gasteiger partial charge in [0, 0.05) is 20.1 Å². The van der Waals surface area contributed by atoms with Gasteiger partial charge in [0.15, 0.2) is 10.9 Å². The fraction of sp³-hybridized carbons (Fsp3) is 0.421. The number of nitrogens with zero attached hydrogens (tertiary/aromatic N) is 3. The first-order chi connectivity index (χ1) is 13.1. The molecular formula is C19H22N4O3S. The molecule has 142 valence electrons. The second kappa shape index (κ2) is 7.19. The number of methoxy groups -OCH3 is 1. The van der Waals surface area contributed by atoms with Crippen molar-refractivity contribution in [3.8, 4) is 5.75 Å². The van der Waals surface area contributed by atoms with Gasteiger partial charge in [-0.1, -0.05) is 23.5 Å². The van der Waals surface area contributed by atoms with Gasteiger partial charge >= 0.3 is 0 Å². The number of amides is 2. The highest BCUT2D eigenvalue weighted by Gasteiger charge is 2.41. The lowest BCUT2D eigenvalue weighted by molar-refractivity contribution is -0.123.